The van der Waals surface area contributed by atoms with Gasteiger partial charge in [0, 0.05) is 26.0 Å². The minimum absolute atomic E-state index is 0.115. The predicted octanol–water partition coefficient (Wildman–Crippen LogP) is 3.87. The summed E-state index contributed by atoms with van der Waals surface area (Å²) in [6.45, 7) is 5.97. The summed E-state index contributed by atoms with van der Waals surface area (Å²) in [5, 5.41) is 8.78. The van der Waals surface area contributed by atoms with Crippen LogP contribution in [0.4, 0.5) is 11.4 Å². The third-order valence-corrected chi connectivity index (χ3v) is 3.94. The van der Waals surface area contributed by atoms with Crippen molar-refractivity contribution >= 4 is 45.8 Å². The van der Waals surface area contributed by atoms with Crippen LogP contribution in [0.25, 0.3) is 0 Å². The lowest BCUT2D eigenvalue weighted by Gasteiger charge is -2.20. The first-order chi connectivity index (χ1) is 11.7. The average molecular weight is 451 g/mol. The van der Waals surface area contributed by atoms with Crippen LogP contribution in [0, 0.1) is 3.57 Å². The van der Waals surface area contributed by atoms with Crippen LogP contribution in [-0.4, -0.2) is 23.9 Å². The number of hydrogen-bond acceptors (Lipinski definition) is 3. The topological polar surface area (TPSA) is 70.2 Å². The van der Waals surface area contributed by atoms with Crippen LogP contribution >= 0.6 is 22.6 Å². The number of amides is 2. The lowest BCUT2D eigenvalue weighted by molar-refractivity contribution is -0.114. The van der Waals surface area contributed by atoms with Crippen LogP contribution < -0.4 is 16.0 Å². The van der Waals surface area contributed by atoms with Gasteiger partial charge < -0.3 is 16.0 Å². The fourth-order valence-electron chi connectivity index (χ4n) is 2.07. The van der Waals surface area contributed by atoms with Crippen LogP contribution in [0.3, 0.4) is 0 Å². The highest BCUT2D eigenvalue weighted by Gasteiger charge is 2.15. The molecule has 0 heterocycles. The standard InChI is InChI=1S/C19H22IN3O2/c1-19(2,3)23-18(25)13-4-8-15(9-5-13)21-12-17(24)22-16-10-6-14(20)7-11-16/h4-11,21H,12H2,1-3H3,(H,22,24)(H,23,25). The van der Waals surface area contributed by atoms with Gasteiger partial charge in [-0.05, 0) is 91.9 Å². The molecular weight excluding hydrogens is 429 g/mol. The number of benzene rings is 2. The summed E-state index contributed by atoms with van der Waals surface area (Å²) < 4.78 is 1.12. The fourth-order valence-corrected chi connectivity index (χ4v) is 2.43. The van der Waals surface area contributed by atoms with Crippen LogP contribution in [0.5, 0.6) is 0 Å². The van der Waals surface area contributed by atoms with Crippen molar-refractivity contribution in [2.75, 3.05) is 17.2 Å². The minimum atomic E-state index is -0.276. The van der Waals surface area contributed by atoms with Gasteiger partial charge in [-0.1, -0.05) is 0 Å². The predicted molar refractivity (Wildman–Crippen MR) is 110 cm³/mol. The number of carbonyl (C=O) groups is 2. The third-order valence-electron chi connectivity index (χ3n) is 3.22. The van der Waals surface area contributed by atoms with E-state index in [4.69, 9.17) is 0 Å². The van der Waals surface area contributed by atoms with E-state index in [9.17, 15) is 9.59 Å². The maximum absolute atomic E-state index is 12.1. The van der Waals surface area contributed by atoms with Crippen molar-refractivity contribution in [2.45, 2.75) is 26.3 Å². The van der Waals surface area contributed by atoms with E-state index in [1.807, 2.05) is 45.0 Å². The van der Waals surface area contributed by atoms with Crippen molar-refractivity contribution in [1.82, 2.24) is 5.32 Å². The molecule has 5 nitrogen and oxygen atoms in total. The number of rotatable bonds is 5. The summed E-state index contributed by atoms with van der Waals surface area (Å²) in [6, 6.07) is 14.6. The highest BCUT2D eigenvalue weighted by atomic mass is 127. The van der Waals surface area contributed by atoms with Gasteiger partial charge in [-0.2, -0.15) is 0 Å². The molecule has 0 aliphatic heterocycles. The minimum Gasteiger partial charge on any atom is -0.376 e. The van der Waals surface area contributed by atoms with E-state index in [1.165, 1.54) is 0 Å². The number of anilines is 2. The van der Waals surface area contributed by atoms with Crippen molar-refractivity contribution in [2.24, 2.45) is 0 Å². The summed E-state index contributed by atoms with van der Waals surface area (Å²) in [6.07, 6.45) is 0. The number of hydrogen-bond donors (Lipinski definition) is 3. The van der Waals surface area contributed by atoms with Gasteiger partial charge in [0.25, 0.3) is 5.91 Å². The number of carbonyl (C=O) groups excluding carboxylic acids is 2. The molecule has 0 aliphatic carbocycles. The molecule has 0 bridgehead atoms. The van der Waals surface area contributed by atoms with E-state index >= 15 is 0 Å². The van der Waals surface area contributed by atoms with Crippen molar-refractivity contribution in [3.05, 3.63) is 57.7 Å². The monoisotopic (exact) mass is 451 g/mol. The molecule has 0 saturated heterocycles. The van der Waals surface area contributed by atoms with E-state index in [2.05, 4.69) is 38.5 Å². The molecule has 0 saturated carbocycles. The number of halogens is 1. The largest absolute Gasteiger partial charge is 0.376 e. The quantitative estimate of drug-likeness (QED) is 0.605. The summed E-state index contributed by atoms with van der Waals surface area (Å²) in [4.78, 5) is 24.0. The zero-order valence-electron chi connectivity index (χ0n) is 14.5. The Morgan fingerprint density at radius 2 is 1.48 bits per heavy atom. The SMILES string of the molecule is CC(C)(C)NC(=O)c1ccc(NCC(=O)Nc2ccc(I)cc2)cc1. The lowest BCUT2D eigenvalue weighted by atomic mass is 10.1. The second-order valence-electron chi connectivity index (χ2n) is 6.69. The smallest absolute Gasteiger partial charge is 0.251 e. The maximum atomic E-state index is 12.1. The van der Waals surface area contributed by atoms with E-state index in [-0.39, 0.29) is 23.9 Å². The van der Waals surface area contributed by atoms with Gasteiger partial charge >= 0.3 is 0 Å². The van der Waals surface area contributed by atoms with Gasteiger partial charge in [-0.15, -0.1) is 0 Å². The second kappa shape index (κ2) is 8.33. The molecule has 25 heavy (non-hydrogen) atoms. The molecule has 0 aliphatic rings. The molecule has 3 N–H and O–H groups in total. The first-order valence-corrected chi connectivity index (χ1v) is 9.03. The Morgan fingerprint density at radius 1 is 0.920 bits per heavy atom. The van der Waals surface area contributed by atoms with Crippen LogP contribution in [0.2, 0.25) is 0 Å². The maximum Gasteiger partial charge on any atom is 0.251 e. The van der Waals surface area contributed by atoms with E-state index in [0.29, 0.717) is 5.56 Å². The zero-order chi connectivity index (χ0) is 18.4. The first-order valence-electron chi connectivity index (χ1n) is 7.95. The third kappa shape index (κ3) is 6.74. The number of nitrogens with one attached hydrogen (secondary N) is 3. The molecule has 0 radical (unpaired) electrons. The summed E-state index contributed by atoms with van der Waals surface area (Å²) in [5.74, 6) is -0.244. The molecule has 6 heteroatoms. The van der Waals surface area contributed by atoms with E-state index in [0.717, 1.165) is 14.9 Å². The lowest BCUT2D eigenvalue weighted by Crippen LogP contribution is -2.40. The molecule has 0 aromatic heterocycles. The van der Waals surface area contributed by atoms with Crippen LogP contribution in [0.1, 0.15) is 31.1 Å². The van der Waals surface area contributed by atoms with Crippen LogP contribution in [-0.2, 0) is 4.79 Å². The Balaban J connectivity index is 1.85. The Kier molecular flexibility index (Phi) is 6.41. The Morgan fingerprint density at radius 3 is 2.04 bits per heavy atom. The van der Waals surface area contributed by atoms with Crippen LogP contribution in [0.15, 0.2) is 48.5 Å². The normalized spacial score (nSPS) is 10.9. The van der Waals surface area contributed by atoms with Crippen molar-refractivity contribution in [3.63, 3.8) is 0 Å². The summed E-state index contributed by atoms with van der Waals surface area (Å²) in [7, 11) is 0. The van der Waals surface area contributed by atoms with Gasteiger partial charge in [0.05, 0.1) is 6.54 Å². The summed E-state index contributed by atoms with van der Waals surface area (Å²) in [5.41, 5.74) is 1.86. The molecular formula is C19H22IN3O2. The highest BCUT2D eigenvalue weighted by Crippen LogP contribution is 2.12. The van der Waals surface area contributed by atoms with E-state index in [1.54, 1.807) is 24.3 Å². The first kappa shape index (κ1) is 19.2. The second-order valence-corrected chi connectivity index (χ2v) is 7.94. The van der Waals surface area contributed by atoms with Gasteiger partial charge in [-0.3, -0.25) is 9.59 Å². The Labute approximate surface area is 161 Å². The Bertz CT molecular complexity index is 735. The van der Waals surface area contributed by atoms with Gasteiger partial charge in [-0.25, -0.2) is 0 Å². The fraction of sp³-hybridized carbons (Fsp3) is 0.263. The van der Waals surface area contributed by atoms with E-state index < -0.39 is 0 Å². The molecule has 0 unspecified atom stereocenters. The highest BCUT2D eigenvalue weighted by molar-refractivity contribution is 14.1. The molecule has 2 amide bonds. The van der Waals surface area contributed by atoms with Crippen molar-refractivity contribution in [3.8, 4) is 0 Å². The van der Waals surface area contributed by atoms with Crippen molar-refractivity contribution < 1.29 is 9.59 Å². The van der Waals surface area contributed by atoms with Crippen molar-refractivity contribution in [1.29, 1.82) is 0 Å². The molecule has 2 rings (SSSR count). The molecule has 0 atom stereocenters. The zero-order valence-corrected chi connectivity index (χ0v) is 16.7. The van der Waals surface area contributed by atoms with Gasteiger partial charge in [0.15, 0.2) is 0 Å². The average Bonchev–Trinajstić information content (AvgIpc) is 2.54. The molecule has 0 fully saturated rings. The Hall–Kier alpha value is -2.09. The van der Waals surface area contributed by atoms with Gasteiger partial charge in [0.1, 0.15) is 0 Å². The van der Waals surface area contributed by atoms with Gasteiger partial charge in [0.2, 0.25) is 5.91 Å². The molecule has 132 valence electrons. The molecule has 2 aromatic carbocycles. The molecule has 0 spiro atoms. The molecule has 2 aromatic rings. The summed E-state index contributed by atoms with van der Waals surface area (Å²) >= 11 is 2.22.